The lowest BCUT2D eigenvalue weighted by Crippen LogP contribution is -2.54. The van der Waals surface area contributed by atoms with Crippen LogP contribution in [0.2, 0.25) is 5.02 Å². The quantitative estimate of drug-likeness (QED) is 0.822. The van der Waals surface area contributed by atoms with E-state index in [1.54, 1.807) is 17.9 Å². The molecule has 1 aliphatic heterocycles. The molecule has 1 aliphatic rings. The Kier molecular flexibility index (Phi) is 6.00. The monoisotopic (exact) mass is 401 g/mol. The molecule has 2 heterocycles. The van der Waals surface area contributed by atoms with Crippen molar-refractivity contribution in [3.8, 4) is 11.3 Å². The number of rotatable bonds is 2. The van der Waals surface area contributed by atoms with Crippen molar-refractivity contribution in [1.82, 2.24) is 10.1 Å². The molecule has 1 amide bonds. The summed E-state index contributed by atoms with van der Waals surface area (Å²) in [6.07, 6.45) is 0.707. The van der Waals surface area contributed by atoms with Crippen LogP contribution in [0, 0.1) is 18.2 Å². The number of piperidine rings is 1. The first-order chi connectivity index (χ1) is 11.7. The van der Waals surface area contributed by atoms with Gasteiger partial charge in [0, 0.05) is 19.1 Å². The van der Waals surface area contributed by atoms with E-state index in [1.165, 1.54) is 12.1 Å². The zero-order valence-corrected chi connectivity index (χ0v) is 16.5. The maximum atomic E-state index is 14.3. The smallest absolute Gasteiger partial charge is 0.259 e. The van der Waals surface area contributed by atoms with Crippen LogP contribution in [0.25, 0.3) is 11.3 Å². The number of benzene rings is 1. The minimum atomic E-state index is -0.546. The molecule has 3 rings (SSSR count). The van der Waals surface area contributed by atoms with Crippen molar-refractivity contribution in [3.05, 3.63) is 40.4 Å². The average molecular weight is 402 g/mol. The Balaban J connectivity index is 0.00000243. The van der Waals surface area contributed by atoms with Crippen molar-refractivity contribution >= 4 is 29.9 Å². The number of carbonyl (C=O) groups is 1. The van der Waals surface area contributed by atoms with Crippen molar-refractivity contribution in [1.29, 1.82) is 0 Å². The van der Waals surface area contributed by atoms with E-state index >= 15 is 0 Å². The molecule has 1 atom stereocenters. The number of carbonyl (C=O) groups excluding carboxylic acids is 1. The van der Waals surface area contributed by atoms with Gasteiger partial charge < -0.3 is 15.2 Å². The lowest BCUT2D eigenvalue weighted by molar-refractivity contribution is 0.0532. The molecule has 1 aromatic heterocycles. The number of likely N-dealkylation sites (tertiary alicyclic amines) is 1. The molecule has 1 saturated heterocycles. The highest BCUT2D eigenvalue weighted by Gasteiger charge is 2.37. The Hall–Kier alpha value is -1.63. The molecule has 0 bridgehead atoms. The molecule has 1 unspecified atom stereocenters. The third-order valence-corrected chi connectivity index (χ3v) is 5.19. The summed E-state index contributed by atoms with van der Waals surface area (Å²) < 4.78 is 19.5. The van der Waals surface area contributed by atoms with Crippen LogP contribution >= 0.6 is 24.0 Å². The van der Waals surface area contributed by atoms with Gasteiger partial charge in [0.2, 0.25) is 0 Å². The van der Waals surface area contributed by atoms with E-state index in [1.807, 2.05) is 13.8 Å². The number of nitrogens with two attached hydrogens (primary N) is 1. The summed E-state index contributed by atoms with van der Waals surface area (Å²) in [6, 6.07) is 4.37. The Morgan fingerprint density at radius 3 is 2.77 bits per heavy atom. The van der Waals surface area contributed by atoms with Gasteiger partial charge in [-0.05, 0) is 30.9 Å². The van der Waals surface area contributed by atoms with Gasteiger partial charge >= 0.3 is 0 Å². The first-order valence-corrected chi connectivity index (χ1v) is 8.55. The van der Waals surface area contributed by atoms with Crippen molar-refractivity contribution in [2.24, 2.45) is 11.1 Å². The highest BCUT2D eigenvalue weighted by Crippen LogP contribution is 2.35. The van der Waals surface area contributed by atoms with Gasteiger partial charge in [-0.2, -0.15) is 0 Å². The molecule has 2 N–H and O–H groups in total. The number of nitrogens with zero attached hydrogens (tertiary/aromatic N) is 2. The van der Waals surface area contributed by atoms with Crippen LogP contribution in [-0.2, 0) is 0 Å². The van der Waals surface area contributed by atoms with Crippen LogP contribution in [-0.4, -0.2) is 35.1 Å². The van der Waals surface area contributed by atoms with E-state index in [0.717, 1.165) is 0 Å². The molecule has 1 aromatic carbocycles. The number of hydrogen-bond acceptors (Lipinski definition) is 4. The third kappa shape index (κ3) is 3.59. The molecule has 5 nitrogen and oxygen atoms in total. The van der Waals surface area contributed by atoms with Gasteiger partial charge in [0.05, 0.1) is 10.6 Å². The Labute approximate surface area is 163 Å². The zero-order chi connectivity index (χ0) is 18.4. The number of halogens is 3. The second kappa shape index (κ2) is 7.55. The topological polar surface area (TPSA) is 72.4 Å². The van der Waals surface area contributed by atoms with E-state index in [-0.39, 0.29) is 51.6 Å². The SMILES string of the molecule is Cc1onc(-c2c(F)cccc2Cl)c1C(=O)N1CCC(N)C(C)(C)C1.Cl. The second-order valence-corrected chi connectivity index (χ2v) is 7.58. The molecular formula is C18H22Cl2FN3O2. The van der Waals surface area contributed by atoms with E-state index in [0.29, 0.717) is 25.3 Å². The van der Waals surface area contributed by atoms with E-state index in [9.17, 15) is 9.18 Å². The van der Waals surface area contributed by atoms with Crippen molar-refractivity contribution in [2.75, 3.05) is 13.1 Å². The van der Waals surface area contributed by atoms with Crippen LogP contribution in [0.1, 0.15) is 36.4 Å². The molecule has 2 aromatic rings. The largest absolute Gasteiger partial charge is 0.360 e. The van der Waals surface area contributed by atoms with Gasteiger partial charge in [0.25, 0.3) is 5.91 Å². The number of aromatic nitrogens is 1. The van der Waals surface area contributed by atoms with Crippen LogP contribution in [0.3, 0.4) is 0 Å². The fourth-order valence-corrected chi connectivity index (χ4v) is 3.48. The van der Waals surface area contributed by atoms with E-state index in [4.69, 9.17) is 21.9 Å². The van der Waals surface area contributed by atoms with E-state index < -0.39 is 5.82 Å². The average Bonchev–Trinajstić information content (AvgIpc) is 2.90. The van der Waals surface area contributed by atoms with Gasteiger partial charge in [-0.25, -0.2) is 4.39 Å². The third-order valence-electron chi connectivity index (χ3n) is 4.88. The van der Waals surface area contributed by atoms with Crippen molar-refractivity contribution in [3.63, 3.8) is 0 Å². The van der Waals surface area contributed by atoms with Crippen molar-refractivity contribution in [2.45, 2.75) is 33.2 Å². The first-order valence-electron chi connectivity index (χ1n) is 8.18. The Bertz CT molecular complexity index is 803. The second-order valence-electron chi connectivity index (χ2n) is 7.17. The summed E-state index contributed by atoms with van der Waals surface area (Å²) in [6.45, 7) is 6.76. The van der Waals surface area contributed by atoms with Gasteiger partial charge in [-0.1, -0.05) is 36.7 Å². The number of aryl methyl sites for hydroxylation is 1. The van der Waals surface area contributed by atoms with Gasteiger partial charge in [-0.15, -0.1) is 12.4 Å². The molecule has 0 spiro atoms. The molecule has 0 saturated carbocycles. The fourth-order valence-electron chi connectivity index (χ4n) is 3.22. The summed E-state index contributed by atoms with van der Waals surface area (Å²) in [5.41, 5.74) is 6.42. The minimum Gasteiger partial charge on any atom is -0.360 e. The van der Waals surface area contributed by atoms with Crippen LogP contribution < -0.4 is 5.73 Å². The Morgan fingerprint density at radius 2 is 2.15 bits per heavy atom. The highest BCUT2D eigenvalue weighted by molar-refractivity contribution is 6.33. The molecule has 0 radical (unpaired) electrons. The first kappa shape index (κ1) is 20.7. The minimum absolute atomic E-state index is 0. The lowest BCUT2D eigenvalue weighted by Gasteiger charge is -2.42. The summed E-state index contributed by atoms with van der Waals surface area (Å²) in [5.74, 6) is -0.448. The lowest BCUT2D eigenvalue weighted by atomic mass is 9.79. The maximum Gasteiger partial charge on any atom is 0.259 e. The predicted molar refractivity (Wildman–Crippen MR) is 101 cm³/mol. The molecule has 0 aliphatic carbocycles. The maximum absolute atomic E-state index is 14.3. The van der Waals surface area contributed by atoms with Gasteiger partial charge in [-0.3, -0.25) is 4.79 Å². The standard InChI is InChI=1S/C18H21ClFN3O2.ClH/c1-10-14(17(24)23-8-7-13(21)18(2,3)9-23)16(22-25-10)15-11(19)5-4-6-12(15)20;/h4-6,13H,7-9,21H2,1-3H3;1H. The molecule has 8 heteroatoms. The highest BCUT2D eigenvalue weighted by atomic mass is 35.5. The van der Waals surface area contributed by atoms with Gasteiger partial charge in [0.1, 0.15) is 22.8 Å². The summed E-state index contributed by atoms with van der Waals surface area (Å²) in [5, 5.41) is 4.09. The summed E-state index contributed by atoms with van der Waals surface area (Å²) >= 11 is 6.14. The van der Waals surface area contributed by atoms with Gasteiger partial charge in [0.15, 0.2) is 0 Å². The van der Waals surface area contributed by atoms with Crippen molar-refractivity contribution < 1.29 is 13.7 Å². The summed E-state index contributed by atoms with van der Waals surface area (Å²) in [7, 11) is 0. The normalized spacial score (nSPS) is 19.2. The zero-order valence-electron chi connectivity index (χ0n) is 14.9. The van der Waals surface area contributed by atoms with Crippen LogP contribution in [0.4, 0.5) is 4.39 Å². The predicted octanol–water partition coefficient (Wildman–Crippen LogP) is 4.06. The molecular weight excluding hydrogens is 380 g/mol. The fraction of sp³-hybridized carbons (Fsp3) is 0.444. The molecule has 26 heavy (non-hydrogen) atoms. The van der Waals surface area contributed by atoms with Crippen LogP contribution in [0.15, 0.2) is 22.7 Å². The molecule has 1 fully saturated rings. The molecule has 142 valence electrons. The number of hydrogen-bond donors (Lipinski definition) is 1. The summed E-state index contributed by atoms with van der Waals surface area (Å²) in [4.78, 5) is 14.8. The Morgan fingerprint density at radius 1 is 1.46 bits per heavy atom. The van der Waals surface area contributed by atoms with Crippen LogP contribution in [0.5, 0.6) is 0 Å². The van der Waals surface area contributed by atoms with E-state index in [2.05, 4.69) is 5.16 Å². The number of amides is 1.